The van der Waals surface area contributed by atoms with E-state index in [0.29, 0.717) is 23.7 Å². The Balaban J connectivity index is 1.55. The van der Waals surface area contributed by atoms with E-state index in [-0.39, 0.29) is 11.8 Å². The maximum atomic E-state index is 12.2. The van der Waals surface area contributed by atoms with Crippen molar-refractivity contribution in [2.45, 2.75) is 19.4 Å². The lowest BCUT2D eigenvalue weighted by molar-refractivity contribution is 0.0645. The van der Waals surface area contributed by atoms with Crippen LogP contribution in [0, 0.1) is 0 Å². The summed E-state index contributed by atoms with van der Waals surface area (Å²) < 4.78 is 0. The number of fused-ring (bicyclic) bond motifs is 1. The van der Waals surface area contributed by atoms with Crippen molar-refractivity contribution in [2.24, 2.45) is 0 Å². The number of hydrogen-bond acceptors (Lipinski definition) is 4. The Kier molecular flexibility index (Phi) is 4.03. The number of piperazine rings is 1. The van der Waals surface area contributed by atoms with Gasteiger partial charge in [-0.05, 0) is 32.0 Å². The Morgan fingerprint density at radius 1 is 1.14 bits per heavy atom. The second-order valence-electron chi connectivity index (χ2n) is 5.82. The average molecular weight is 287 g/mol. The standard InChI is InChI=1S/C16H21N3O2/c1-12-11-18(10-7-17-12)8-4-9-19-15(20)13-5-2-3-6-14(13)16(19)21/h2-3,5-6,12,17H,4,7-11H2,1H3/t12-/m0/s1. The number of benzene rings is 1. The Morgan fingerprint density at radius 2 is 1.81 bits per heavy atom. The van der Waals surface area contributed by atoms with Gasteiger partial charge in [0.1, 0.15) is 0 Å². The molecule has 21 heavy (non-hydrogen) atoms. The molecule has 0 radical (unpaired) electrons. The number of imide groups is 1. The molecule has 5 heteroatoms. The molecule has 0 saturated carbocycles. The molecule has 5 nitrogen and oxygen atoms in total. The first-order valence-electron chi connectivity index (χ1n) is 7.58. The van der Waals surface area contributed by atoms with E-state index in [9.17, 15) is 9.59 Å². The second kappa shape index (κ2) is 5.95. The SMILES string of the molecule is C[C@H]1CN(CCCN2C(=O)c3ccccc3C2=O)CCN1. The van der Waals surface area contributed by atoms with E-state index in [2.05, 4.69) is 17.1 Å². The van der Waals surface area contributed by atoms with E-state index < -0.39 is 0 Å². The molecule has 2 amide bonds. The van der Waals surface area contributed by atoms with Crippen molar-refractivity contribution in [3.05, 3.63) is 35.4 Å². The molecule has 1 saturated heterocycles. The molecule has 2 aliphatic rings. The zero-order chi connectivity index (χ0) is 14.8. The lowest BCUT2D eigenvalue weighted by atomic mass is 10.1. The van der Waals surface area contributed by atoms with E-state index in [1.807, 2.05) is 0 Å². The highest BCUT2D eigenvalue weighted by Crippen LogP contribution is 2.22. The summed E-state index contributed by atoms with van der Waals surface area (Å²) >= 11 is 0. The fourth-order valence-electron chi connectivity index (χ4n) is 3.11. The molecule has 2 heterocycles. The van der Waals surface area contributed by atoms with Crippen LogP contribution < -0.4 is 5.32 Å². The molecule has 1 fully saturated rings. The van der Waals surface area contributed by atoms with Crippen LogP contribution in [-0.2, 0) is 0 Å². The molecule has 0 spiro atoms. The summed E-state index contributed by atoms with van der Waals surface area (Å²) in [6.45, 7) is 6.68. The maximum Gasteiger partial charge on any atom is 0.261 e. The normalized spacial score (nSPS) is 22.7. The largest absolute Gasteiger partial charge is 0.312 e. The van der Waals surface area contributed by atoms with Crippen LogP contribution in [0.5, 0.6) is 0 Å². The summed E-state index contributed by atoms with van der Waals surface area (Å²) in [5.41, 5.74) is 1.08. The summed E-state index contributed by atoms with van der Waals surface area (Å²) in [5, 5.41) is 3.41. The highest BCUT2D eigenvalue weighted by molar-refractivity contribution is 6.21. The van der Waals surface area contributed by atoms with Crippen molar-refractivity contribution >= 4 is 11.8 Å². The highest BCUT2D eigenvalue weighted by Gasteiger charge is 2.34. The molecule has 0 bridgehead atoms. The molecular weight excluding hydrogens is 266 g/mol. The minimum atomic E-state index is -0.149. The van der Waals surface area contributed by atoms with Crippen LogP contribution in [0.1, 0.15) is 34.1 Å². The number of rotatable bonds is 4. The van der Waals surface area contributed by atoms with Gasteiger partial charge in [-0.15, -0.1) is 0 Å². The third-order valence-corrected chi connectivity index (χ3v) is 4.19. The van der Waals surface area contributed by atoms with Gasteiger partial charge in [0.15, 0.2) is 0 Å². The Bertz CT molecular complexity index is 523. The van der Waals surface area contributed by atoms with Crippen molar-refractivity contribution in [1.82, 2.24) is 15.1 Å². The first kappa shape index (κ1) is 14.2. The molecule has 1 aromatic carbocycles. The third-order valence-electron chi connectivity index (χ3n) is 4.19. The molecule has 0 unspecified atom stereocenters. The monoisotopic (exact) mass is 287 g/mol. The van der Waals surface area contributed by atoms with Crippen LogP contribution in [0.2, 0.25) is 0 Å². The van der Waals surface area contributed by atoms with Crippen molar-refractivity contribution in [3.8, 4) is 0 Å². The van der Waals surface area contributed by atoms with Crippen molar-refractivity contribution in [2.75, 3.05) is 32.7 Å². The van der Waals surface area contributed by atoms with Crippen LogP contribution in [0.25, 0.3) is 0 Å². The summed E-state index contributed by atoms with van der Waals surface area (Å²) in [4.78, 5) is 28.2. The predicted octanol–water partition coefficient (Wildman–Crippen LogP) is 0.966. The number of nitrogens with zero attached hydrogens (tertiary/aromatic N) is 2. The van der Waals surface area contributed by atoms with Crippen molar-refractivity contribution in [1.29, 1.82) is 0 Å². The first-order chi connectivity index (χ1) is 10.2. The van der Waals surface area contributed by atoms with E-state index in [4.69, 9.17) is 0 Å². The lowest BCUT2D eigenvalue weighted by Gasteiger charge is -2.32. The number of carbonyl (C=O) groups excluding carboxylic acids is 2. The van der Waals surface area contributed by atoms with Crippen molar-refractivity contribution in [3.63, 3.8) is 0 Å². The summed E-state index contributed by atoms with van der Waals surface area (Å²) in [5.74, 6) is -0.298. The van der Waals surface area contributed by atoms with E-state index >= 15 is 0 Å². The third kappa shape index (κ3) is 2.84. The molecule has 2 aliphatic heterocycles. The Morgan fingerprint density at radius 3 is 2.43 bits per heavy atom. The minimum absolute atomic E-state index is 0.149. The predicted molar refractivity (Wildman–Crippen MR) is 80.3 cm³/mol. The zero-order valence-electron chi connectivity index (χ0n) is 12.3. The number of hydrogen-bond donors (Lipinski definition) is 1. The highest BCUT2D eigenvalue weighted by atomic mass is 16.2. The molecule has 112 valence electrons. The van der Waals surface area contributed by atoms with E-state index in [1.54, 1.807) is 24.3 Å². The van der Waals surface area contributed by atoms with Gasteiger partial charge in [0, 0.05) is 32.2 Å². The van der Waals surface area contributed by atoms with Gasteiger partial charge in [-0.1, -0.05) is 12.1 Å². The lowest BCUT2D eigenvalue weighted by Crippen LogP contribution is -2.49. The molecule has 1 N–H and O–H groups in total. The minimum Gasteiger partial charge on any atom is -0.312 e. The van der Waals surface area contributed by atoms with Crippen LogP contribution in [0.15, 0.2) is 24.3 Å². The van der Waals surface area contributed by atoms with Crippen LogP contribution in [0.4, 0.5) is 0 Å². The Labute approximate surface area is 124 Å². The van der Waals surface area contributed by atoms with E-state index in [1.165, 1.54) is 4.90 Å². The molecule has 3 rings (SSSR count). The average Bonchev–Trinajstić information content (AvgIpc) is 2.73. The quantitative estimate of drug-likeness (QED) is 0.838. The molecule has 0 aliphatic carbocycles. The number of nitrogens with one attached hydrogen (secondary N) is 1. The van der Waals surface area contributed by atoms with E-state index in [0.717, 1.165) is 32.6 Å². The molecule has 1 aromatic rings. The fraction of sp³-hybridized carbons (Fsp3) is 0.500. The van der Waals surface area contributed by atoms with Crippen LogP contribution >= 0.6 is 0 Å². The van der Waals surface area contributed by atoms with Gasteiger partial charge in [-0.2, -0.15) is 0 Å². The summed E-state index contributed by atoms with van der Waals surface area (Å²) in [6, 6.07) is 7.57. The number of carbonyl (C=O) groups is 2. The molecular formula is C16H21N3O2. The van der Waals surface area contributed by atoms with Gasteiger partial charge in [-0.25, -0.2) is 0 Å². The van der Waals surface area contributed by atoms with Gasteiger partial charge in [0.05, 0.1) is 11.1 Å². The second-order valence-corrected chi connectivity index (χ2v) is 5.82. The van der Waals surface area contributed by atoms with Gasteiger partial charge in [-0.3, -0.25) is 14.5 Å². The fourth-order valence-corrected chi connectivity index (χ4v) is 3.11. The Hall–Kier alpha value is -1.72. The van der Waals surface area contributed by atoms with Gasteiger partial charge >= 0.3 is 0 Å². The smallest absolute Gasteiger partial charge is 0.261 e. The van der Waals surface area contributed by atoms with Crippen LogP contribution in [-0.4, -0.2) is 60.4 Å². The first-order valence-corrected chi connectivity index (χ1v) is 7.58. The number of amides is 2. The summed E-state index contributed by atoms with van der Waals surface area (Å²) in [6.07, 6.45) is 0.832. The van der Waals surface area contributed by atoms with Gasteiger partial charge in [0.2, 0.25) is 0 Å². The molecule has 1 atom stereocenters. The maximum absolute atomic E-state index is 12.2. The summed E-state index contributed by atoms with van der Waals surface area (Å²) in [7, 11) is 0. The van der Waals surface area contributed by atoms with Gasteiger partial charge < -0.3 is 10.2 Å². The van der Waals surface area contributed by atoms with Crippen molar-refractivity contribution < 1.29 is 9.59 Å². The topological polar surface area (TPSA) is 52.7 Å². The molecule has 0 aromatic heterocycles. The van der Waals surface area contributed by atoms with Gasteiger partial charge in [0.25, 0.3) is 11.8 Å². The van der Waals surface area contributed by atoms with Crippen LogP contribution in [0.3, 0.4) is 0 Å². The zero-order valence-corrected chi connectivity index (χ0v) is 12.3.